The van der Waals surface area contributed by atoms with Gasteiger partial charge >= 0.3 is 11.9 Å². The van der Waals surface area contributed by atoms with Gasteiger partial charge in [-0.05, 0) is 37.5 Å². The third-order valence-electron chi connectivity index (χ3n) is 7.77. The largest absolute Gasteiger partial charge is 0.466 e. The molecule has 6 fully saturated rings. The minimum atomic E-state index is -1.21. The van der Waals surface area contributed by atoms with E-state index in [0.29, 0.717) is 0 Å². The molecule has 0 aromatic heterocycles. The molecule has 6 aliphatic carbocycles. The average molecular weight is 584 g/mol. The topological polar surface area (TPSA) is 86.7 Å². The Morgan fingerprint density at radius 1 is 0.846 bits per heavy atom. The highest BCUT2D eigenvalue weighted by atomic mass is 127. The lowest BCUT2D eigenvalue weighted by atomic mass is 9.49. The Labute approximate surface area is 177 Å². The first kappa shape index (κ1) is 17.8. The summed E-state index contributed by atoms with van der Waals surface area (Å²) in [6.45, 7) is 3.82. The molecule has 0 aliphatic heterocycles. The number of halogens is 2. The minimum Gasteiger partial charge on any atom is -0.466 e. The number of hydrogen-bond acceptors (Lipinski definition) is 6. The maximum Gasteiger partial charge on any atom is 0.314 e. The second-order valence-corrected chi connectivity index (χ2v) is 10.6. The Bertz CT molecular complexity index is 718. The van der Waals surface area contributed by atoms with Crippen molar-refractivity contribution >= 4 is 68.7 Å². The summed E-state index contributed by atoms with van der Waals surface area (Å²) in [5.41, 5.74) is -2.42. The smallest absolute Gasteiger partial charge is 0.314 e. The molecule has 140 valence electrons. The van der Waals surface area contributed by atoms with Crippen LogP contribution in [0.4, 0.5) is 0 Å². The molecule has 6 nitrogen and oxygen atoms in total. The van der Waals surface area contributed by atoms with Crippen LogP contribution in [-0.4, -0.2) is 44.6 Å². The average Bonchev–Trinajstić information content (AvgIpc) is 3.34. The van der Waals surface area contributed by atoms with Gasteiger partial charge in [0, 0.05) is 11.8 Å². The van der Waals surface area contributed by atoms with E-state index < -0.39 is 34.6 Å². The van der Waals surface area contributed by atoms with Crippen LogP contribution in [0.1, 0.15) is 13.8 Å². The van der Waals surface area contributed by atoms with E-state index in [-0.39, 0.29) is 56.3 Å². The predicted molar refractivity (Wildman–Crippen MR) is 105 cm³/mol. The maximum atomic E-state index is 13.4. The first-order valence-electron chi connectivity index (χ1n) is 9.05. The van der Waals surface area contributed by atoms with Crippen molar-refractivity contribution in [1.29, 1.82) is 0 Å². The fraction of sp³-hybridized carbons (Fsp3) is 0.778. The summed E-state index contributed by atoms with van der Waals surface area (Å²) < 4.78 is 10.2. The highest BCUT2D eigenvalue weighted by Gasteiger charge is 3.01. The second-order valence-electron chi connectivity index (χ2n) is 7.95. The number of carbonyl (C=O) groups is 4. The summed E-state index contributed by atoms with van der Waals surface area (Å²) in [6, 6.07) is 0. The van der Waals surface area contributed by atoms with Crippen LogP contribution in [-0.2, 0) is 28.7 Å². The lowest BCUT2D eigenvalue weighted by Crippen LogP contribution is -2.67. The summed E-state index contributed by atoms with van der Waals surface area (Å²) in [5, 5.41) is 0. The quantitative estimate of drug-likeness (QED) is 0.284. The van der Waals surface area contributed by atoms with Crippen molar-refractivity contribution in [3.05, 3.63) is 0 Å². The molecule has 8 bridgehead atoms. The predicted octanol–water partition coefficient (Wildman–Crippen LogP) is 1.60. The number of ketones is 2. The fourth-order valence-electron chi connectivity index (χ4n) is 7.77. The van der Waals surface area contributed by atoms with E-state index in [2.05, 4.69) is 45.2 Å². The zero-order valence-electron chi connectivity index (χ0n) is 14.2. The van der Waals surface area contributed by atoms with Crippen LogP contribution in [0.25, 0.3) is 0 Å². The zero-order valence-corrected chi connectivity index (χ0v) is 18.6. The molecule has 6 aliphatic rings. The van der Waals surface area contributed by atoms with Gasteiger partial charge in [-0.15, -0.1) is 0 Å². The Kier molecular flexibility index (Phi) is 3.57. The number of rotatable bonds is 4. The van der Waals surface area contributed by atoms with Crippen LogP contribution in [0.15, 0.2) is 0 Å². The molecule has 0 aromatic carbocycles. The summed E-state index contributed by atoms with van der Waals surface area (Å²) in [6.07, 6.45) is 0. The first-order valence-corrected chi connectivity index (χ1v) is 11.5. The number of alkyl halides is 2. The molecule has 0 N–H and O–H groups in total. The van der Waals surface area contributed by atoms with Crippen LogP contribution in [0.5, 0.6) is 0 Å². The third kappa shape index (κ3) is 1.37. The minimum absolute atomic E-state index is 0.0532. The van der Waals surface area contributed by atoms with Gasteiger partial charge in [-0.1, -0.05) is 45.2 Å². The highest BCUT2D eigenvalue weighted by Crippen LogP contribution is 2.92. The molecule has 26 heavy (non-hydrogen) atoms. The molecule has 0 aromatic rings. The van der Waals surface area contributed by atoms with E-state index in [1.807, 2.05) is 0 Å². The number of Topliss-reactive ketones (excluding diaryl/α,β-unsaturated/α-hetero) is 2. The van der Waals surface area contributed by atoms with Crippen LogP contribution >= 0.6 is 45.2 Å². The molecule has 10 atom stereocenters. The van der Waals surface area contributed by atoms with Crippen molar-refractivity contribution in [1.82, 2.24) is 0 Å². The SMILES string of the molecule is CCOC(=O)[C@]12[C@@H]3[C@@H]4[C@H]5[C@H]([C@H](I)C(=O)[C@H]51)[C@@]2(C(=O)OCC)[C@@H]4C(=O)[C@H]3I. The van der Waals surface area contributed by atoms with Gasteiger partial charge in [0.25, 0.3) is 0 Å². The Balaban J connectivity index is 1.81. The van der Waals surface area contributed by atoms with E-state index in [4.69, 9.17) is 9.47 Å². The van der Waals surface area contributed by atoms with Crippen molar-refractivity contribution in [2.45, 2.75) is 21.7 Å². The summed E-state index contributed by atoms with van der Waals surface area (Å²) in [5.74, 6) is -2.56. The summed E-state index contributed by atoms with van der Waals surface area (Å²) >= 11 is 4.21. The van der Waals surface area contributed by atoms with E-state index in [9.17, 15) is 19.2 Å². The normalized spacial score (nSPS) is 54.5. The Morgan fingerprint density at radius 2 is 1.19 bits per heavy atom. The van der Waals surface area contributed by atoms with Crippen molar-refractivity contribution in [2.24, 2.45) is 46.3 Å². The highest BCUT2D eigenvalue weighted by molar-refractivity contribution is 14.1. The molecule has 0 radical (unpaired) electrons. The lowest BCUT2D eigenvalue weighted by molar-refractivity contribution is -0.195. The van der Waals surface area contributed by atoms with Crippen LogP contribution in [0.2, 0.25) is 0 Å². The van der Waals surface area contributed by atoms with Crippen molar-refractivity contribution in [3.63, 3.8) is 0 Å². The van der Waals surface area contributed by atoms with E-state index in [1.165, 1.54) is 0 Å². The monoisotopic (exact) mass is 584 g/mol. The van der Waals surface area contributed by atoms with E-state index in [0.717, 1.165) is 0 Å². The summed E-state index contributed by atoms with van der Waals surface area (Å²) in [4.78, 5) is 52.8. The number of ether oxygens (including phenoxy) is 2. The Morgan fingerprint density at radius 3 is 1.50 bits per heavy atom. The van der Waals surface area contributed by atoms with Gasteiger partial charge < -0.3 is 9.47 Å². The van der Waals surface area contributed by atoms with Crippen LogP contribution in [0.3, 0.4) is 0 Å². The van der Waals surface area contributed by atoms with Gasteiger partial charge in [0.2, 0.25) is 0 Å². The number of esters is 2. The van der Waals surface area contributed by atoms with Crippen LogP contribution < -0.4 is 0 Å². The molecular formula is C18H18I2O6. The summed E-state index contributed by atoms with van der Waals surface area (Å²) in [7, 11) is 0. The van der Waals surface area contributed by atoms with Gasteiger partial charge in [-0.3, -0.25) is 19.2 Å². The molecule has 6 saturated carbocycles. The molecule has 0 saturated heterocycles. The molecule has 0 heterocycles. The zero-order chi connectivity index (χ0) is 18.8. The molecule has 0 spiro atoms. The van der Waals surface area contributed by atoms with E-state index >= 15 is 0 Å². The van der Waals surface area contributed by atoms with Gasteiger partial charge in [-0.25, -0.2) is 0 Å². The standard InChI is InChI=1S/C18H18I2O6/c1-3-25-15(23)17-7-5-6-8(12(20)13(21)9(6)17)18(17,16(24)26-4-2)10(5)14(22)11(7)19/h5-12H,3-4H2,1-2H3/t5-,6-,7+,8+,9-,10-,11-,12-,17-,18-/m0/s1. The molecule has 6 rings (SSSR count). The van der Waals surface area contributed by atoms with E-state index in [1.54, 1.807) is 13.8 Å². The third-order valence-corrected chi connectivity index (χ3v) is 10.6. The molecular weight excluding hydrogens is 566 g/mol. The molecule has 0 amide bonds. The second kappa shape index (κ2) is 5.21. The first-order chi connectivity index (χ1) is 12.3. The fourth-order valence-corrected chi connectivity index (χ4v) is 10.6. The molecule has 0 unspecified atom stereocenters. The van der Waals surface area contributed by atoms with Gasteiger partial charge in [0.05, 0.1) is 31.9 Å². The van der Waals surface area contributed by atoms with Gasteiger partial charge in [0.15, 0.2) is 11.6 Å². The Hall–Kier alpha value is -0.260. The van der Waals surface area contributed by atoms with Gasteiger partial charge in [-0.2, -0.15) is 0 Å². The van der Waals surface area contributed by atoms with Crippen LogP contribution in [0, 0.1) is 46.3 Å². The lowest BCUT2D eigenvalue weighted by Gasteiger charge is -2.52. The molecule has 8 heteroatoms. The van der Waals surface area contributed by atoms with Crippen molar-refractivity contribution in [3.8, 4) is 0 Å². The van der Waals surface area contributed by atoms with Crippen molar-refractivity contribution in [2.75, 3.05) is 13.2 Å². The number of carbonyl (C=O) groups excluding carboxylic acids is 4. The number of hydrogen-bond donors (Lipinski definition) is 0. The van der Waals surface area contributed by atoms with Gasteiger partial charge in [0.1, 0.15) is 0 Å². The maximum absolute atomic E-state index is 13.4. The van der Waals surface area contributed by atoms with Crippen molar-refractivity contribution < 1.29 is 28.7 Å².